The Morgan fingerprint density at radius 3 is 2.50 bits per heavy atom. The topological polar surface area (TPSA) is 135 Å². The lowest BCUT2D eigenvalue weighted by Crippen LogP contribution is -2.57. The van der Waals surface area contributed by atoms with Gasteiger partial charge in [-0.2, -0.15) is 0 Å². The summed E-state index contributed by atoms with van der Waals surface area (Å²) in [5.41, 5.74) is 0.437. The predicted octanol–water partition coefficient (Wildman–Crippen LogP) is 4.81. The first kappa shape index (κ1) is 31.2. The summed E-state index contributed by atoms with van der Waals surface area (Å²) in [5.74, 6) is 0.0492. The zero-order valence-corrected chi connectivity index (χ0v) is 26.0. The van der Waals surface area contributed by atoms with Crippen molar-refractivity contribution < 1.29 is 34.2 Å². The highest BCUT2D eigenvalue weighted by Crippen LogP contribution is 2.67. The van der Waals surface area contributed by atoms with Gasteiger partial charge in [-0.05, 0) is 120 Å². The molecule has 3 saturated carbocycles. The van der Waals surface area contributed by atoms with Crippen LogP contribution >= 0.6 is 0 Å². The van der Waals surface area contributed by atoms with E-state index in [0.29, 0.717) is 43.6 Å². The van der Waals surface area contributed by atoms with Gasteiger partial charge in [-0.25, -0.2) is 0 Å². The molecule has 0 unspecified atom stereocenters. The first-order valence-electron chi connectivity index (χ1n) is 16.0. The van der Waals surface area contributed by atoms with E-state index in [1.165, 1.54) is 5.57 Å². The van der Waals surface area contributed by atoms with Gasteiger partial charge in [0.25, 0.3) is 5.91 Å². The lowest BCUT2D eigenvalue weighted by atomic mass is 9.46. The summed E-state index contributed by atoms with van der Waals surface area (Å²) >= 11 is 0. The van der Waals surface area contributed by atoms with Crippen LogP contribution in [-0.4, -0.2) is 64.0 Å². The molecule has 0 aromatic rings. The fourth-order valence-electron chi connectivity index (χ4n) is 9.81. The maximum absolute atomic E-state index is 12.7. The van der Waals surface area contributed by atoms with Gasteiger partial charge in [0.05, 0.1) is 17.7 Å². The van der Waals surface area contributed by atoms with E-state index in [2.05, 4.69) is 30.4 Å². The minimum Gasteiger partial charge on any atom is -0.481 e. The standard InChI is InChI=1S/C33H50N2O7/c1-20(36)33(40)14-10-26-24-7-6-22-16-23(8-12-31(22,4)25(24)9-13-32(26,33)5)35-42-19-28(37)34-27(17-29(38)39)21-11-15-41-30(2,3)18-21/h16,21,24-27,40H,6-15,17-19H2,1-5H3,(H,34,37)(H,38,39)/b35-23-/t21-,24+,25-,26+,27+,31-,32-,33+/m0/s1. The van der Waals surface area contributed by atoms with Gasteiger partial charge >= 0.3 is 5.97 Å². The molecule has 1 heterocycles. The fraction of sp³-hybridized carbons (Fsp3) is 0.818. The number of aliphatic carboxylic acids is 1. The van der Waals surface area contributed by atoms with Gasteiger partial charge in [0.1, 0.15) is 5.60 Å². The molecule has 4 fully saturated rings. The van der Waals surface area contributed by atoms with Gasteiger partial charge in [0.2, 0.25) is 0 Å². The van der Waals surface area contributed by atoms with Crippen molar-refractivity contribution in [1.82, 2.24) is 5.32 Å². The Balaban J connectivity index is 1.20. The number of carbonyl (C=O) groups excluding carboxylic acids is 2. The highest BCUT2D eigenvalue weighted by molar-refractivity contribution is 5.96. The molecule has 1 aliphatic heterocycles. The number of Topliss-reactive ketones (excluding diaryl/α,β-unsaturated/α-hetero) is 1. The zero-order valence-electron chi connectivity index (χ0n) is 26.0. The van der Waals surface area contributed by atoms with Crippen molar-refractivity contribution in [1.29, 1.82) is 0 Å². The van der Waals surface area contributed by atoms with Crippen LogP contribution in [0.25, 0.3) is 0 Å². The lowest BCUT2D eigenvalue weighted by Gasteiger charge is -2.59. The molecule has 9 heteroatoms. The number of hydrogen-bond acceptors (Lipinski definition) is 7. The summed E-state index contributed by atoms with van der Waals surface area (Å²) in [4.78, 5) is 42.2. The molecule has 234 valence electrons. The molecule has 0 spiro atoms. The zero-order chi connectivity index (χ0) is 30.5. The minimum atomic E-state index is -1.19. The molecule has 0 aromatic carbocycles. The third-order valence-corrected chi connectivity index (χ3v) is 12.1. The maximum atomic E-state index is 12.7. The van der Waals surface area contributed by atoms with Crippen molar-refractivity contribution in [2.24, 2.45) is 39.7 Å². The molecule has 8 atom stereocenters. The van der Waals surface area contributed by atoms with Crippen LogP contribution in [0.2, 0.25) is 0 Å². The first-order chi connectivity index (χ1) is 19.7. The molecule has 0 radical (unpaired) electrons. The largest absolute Gasteiger partial charge is 0.481 e. The second kappa shape index (κ2) is 11.3. The molecule has 1 amide bonds. The number of ether oxygens (including phenoxy) is 1. The number of ketones is 1. The molecule has 5 rings (SSSR count). The van der Waals surface area contributed by atoms with Gasteiger partial charge in [0, 0.05) is 18.1 Å². The number of carbonyl (C=O) groups is 3. The molecule has 4 aliphatic carbocycles. The summed E-state index contributed by atoms with van der Waals surface area (Å²) in [6.45, 7) is 10.4. The molecule has 1 saturated heterocycles. The number of carboxylic acids is 1. The highest BCUT2D eigenvalue weighted by Gasteiger charge is 2.65. The summed E-state index contributed by atoms with van der Waals surface area (Å²) in [6.07, 6.45) is 10.6. The molecule has 0 aromatic heterocycles. The number of nitrogens with zero attached hydrogens (tertiary/aromatic N) is 1. The molecular weight excluding hydrogens is 536 g/mol. The average Bonchev–Trinajstić information content (AvgIpc) is 3.19. The number of oxime groups is 1. The third kappa shape index (κ3) is 5.56. The van der Waals surface area contributed by atoms with Gasteiger partial charge < -0.3 is 25.1 Å². The van der Waals surface area contributed by atoms with Crippen molar-refractivity contribution in [3.63, 3.8) is 0 Å². The van der Waals surface area contributed by atoms with Gasteiger partial charge in [0.15, 0.2) is 12.4 Å². The van der Waals surface area contributed by atoms with Crippen molar-refractivity contribution in [2.45, 2.75) is 122 Å². The number of fused-ring (bicyclic) bond motifs is 5. The van der Waals surface area contributed by atoms with Crippen molar-refractivity contribution >= 4 is 23.4 Å². The Labute approximate surface area is 249 Å². The van der Waals surface area contributed by atoms with E-state index in [4.69, 9.17) is 9.57 Å². The van der Waals surface area contributed by atoms with E-state index in [1.807, 2.05) is 13.8 Å². The van der Waals surface area contributed by atoms with Crippen LogP contribution in [0.3, 0.4) is 0 Å². The monoisotopic (exact) mass is 586 g/mol. The van der Waals surface area contributed by atoms with Crippen LogP contribution in [0.1, 0.15) is 105 Å². The number of allylic oxidation sites excluding steroid dienone is 2. The van der Waals surface area contributed by atoms with Crippen molar-refractivity contribution in [2.75, 3.05) is 13.2 Å². The molecular formula is C33H50N2O7. The Morgan fingerprint density at radius 2 is 1.81 bits per heavy atom. The Morgan fingerprint density at radius 1 is 1.07 bits per heavy atom. The van der Waals surface area contributed by atoms with Gasteiger partial charge in [-0.15, -0.1) is 0 Å². The van der Waals surface area contributed by atoms with E-state index in [9.17, 15) is 24.6 Å². The summed E-state index contributed by atoms with van der Waals surface area (Å²) in [5, 5.41) is 28.0. The number of hydrogen-bond donors (Lipinski definition) is 3. The number of rotatable bonds is 8. The smallest absolute Gasteiger partial charge is 0.305 e. The van der Waals surface area contributed by atoms with E-state index in [0.717, 1.165) is 50.7 Å². The van der Waals surface area contributed by atoms with Gasteiger partial charge in [-0.1, -0.05) is 24.6 Å². The minimum absolute atomic E-state index is 0.0224. The Bertz CT molecular complexity index is 1160. The molecule has 42 heavy (non-hydrogen) atoms. The van der Waals surface area contributed by atoms with Gasteiger partial charge in [-0.3, -0.25) is 14.4 Å². The number of aliphatic hydroxyl groups is 1. The van der Waals surface area contributed by atoms with E-state index >= 15 is 0 Å². The lowest BCUT2D eigenvalue weighted by molar-refractivity contribution is -0.159. The quantitative estimate of drug-likeness (QED) is 0.348. The summed E-state index contributed by atoms with van der Waals surface area (Å²) < 4.78 is 5.77. The fourth-order valence-corrected chi connectivity index (χ4v) is 9.81. The highest BCUT2D eigenvalue weighted by atomic mass is 16.6. The van der Waals surface area contributed by atoms with Crippen LogP contribution in [0.4, 0.5) is 0 Å². The van der Waals surface area contributed by atoms with Crippen LogP contribution in [0.5, 0.6) is 0 Å². The maximum Gasteiger partial charge on any atom is 0.305 e. The molecule has 0 bridgehead atoms. The van der Waals surface area contributed by atoms with Crippen LogP contribution in [0, 0.1) is 34.5 Å². The number of amides is 1. The van der Waals surface area contributed by atoms with E-state index < -0.39 is 17.6 Å². The second-order valence-electron chi connectivity index (χ2n) is 14.9. The normalized spacial score (nSPS) is 40.6. The molecule has 9 nitrogen and oxygen atoms in total. The first-order valence-corrected chi connectivity index (χ1v) is 16.0. The van der Waals surface area contributed by atoms with Crippen LogP contribution < -0.4 is 5.32 Å². The summed E-state index contributed by atoms with van der Waals surface area (Å²) in [6, 6.07) is -0.481. The van der Waals surface area contributed by atoms with E-state index in [1.54, 1.807) is 6.92 Å². The molecule has 5 aliphatic rings. The Hall–Kier alpha value is -2.26. The van der Waals surface area contributed by atoms with Crippen molar-refractivity contribution in [3.8, 4) is 0 Å². The van der Waals surface area contributed by atoms with Crippen LogP contribution in [-0.2, 0) is 24.0 Å². The van der Waals surface area contributed by atoms with Crippen molar-refractivity contribution in [3.05, 3.63) is 11.6 Å². The average molecular weight is 587 g/mol. The SMILES string of the molecule is CC(=O)[C@]1(O)CC[C@@H]2[C@@H]3CCC4=C/C(=N\OCC(=O)N[C@H](CC(=O)O)[C@H]5CCOC(C)(C)C5)CC[C@]4(C)[C@H]3CC[C@@]21C. The van der Waals surface area contributed by atoms with E-state index in [-0.39, 0.29) is 47.1 Å². The number of carboxylic acid groups (broad SMARTS) is 1. The van der Waals surface area contributed by atoms with Crippen LogP contribution in [0.15, 0.2) is 16.8 Å². The summed E-state index contributed by atoms with van der Waals surface area (Å²) in [7, 11) is 0. The Kier molecular flexibility index (Phi) is 8.42. The predicted molar refractivity (Wildman–Crippen MR) is 158 cm³/mol. The molecule has 3 N–H and O–H groups in total. The second-order valence-corrected chi connectivity index (χ2v) is 14.9. The third-order valence-electron chi connectivity index (χ3n) is 12.1. The number of nitrogens with one attached hydrogen (secondary N) is 1.